The molecule has 1 aliphatic heterocycles. The Kier molecular flexibility index (Phi) is 3.64. The molecule has 2 heteroatoms. The van der Waals surface area contributed by atoms with Gasteiger partial charge in [0, 0.05) is 12.8 Å². The van der Waals surface area contributed by atoms with Crippen LogP contribution in [0.15, 0.2) is 71.6 Å². The zero-order valence-electron chi connectivity index (χ0n) is 11.5. The average Bonchev–Trinajstić information content (AvgIpc) is 2.49. The van der Waals surface area contributed by atoms with Crippen molar-refractivity contribution >= 4 is 5.71 Å². The van der Waals surface area contributed by atoms with Gasteiger partial charge in [0.2, 0.25) is 0 Å². The predicted molar refractivity (Wildman–Crippen MR) is 82.5 cm³/mol. The van der Waals surface area contributed by atoms with E-state index in [4.69, 9.17) is 4.84 Å². The van der Waals surface area contributed by atoms with Gasteiger partial charge in [-0.15, -0.1) is 0 Å². The van der Waals surface area contributed by atoms with Gasteiger partial charge in [-0.2, -0.15) is 0 Å². The summed E-state index contributed by atoms with van der Waals surface area (Å²) in [6.45, 7) is 2.06. The van der Waals surface area contributed by atoms with Gasteiger partial charge in [-0.3, -0.25) is 0 Å². The first kappa shape index (κ1) is 12.7. The zero-order chi connectivity index (χ0) is 13.8. The molecule has 0 aromatic heterocycles. The van der Waals surface area contributed by atoms with E-state index in [1.807, 2.05) is 6.07 Å². The van der Waals surface area contributed by atoms with Gasteiger partial charge in [0.05, 0.1) is 5.71 Å². The van der Waals surface area contributed by atoms with Crippen LogP contribution in [0.1, 0.15) is 18.9 Å². The molecule has 20 heavy (non-hydrogen) atoms. The summed E-state index contributed by atoms with van der Waals surface area (Å²) in [5.41, 5.74) is 6.05. The topological polar surface area (TPSA) is 21.6 Å². The molecule has 0 bridgehead atoms. The van der Waals surface area contributed by atoms with Gasteiger partial charge in [-0.1, -0.05) is 59.8 Å². The molecule has 0 N–H and O–H groups in total. The van der Waals surface area contributed by atoms with Gasteiger partial charge in [0.1, 0.15) is 6.26 Å². The van der Waals surface area contributed by atoms with Crippen molar-refractivity contribution in [1.82, 2.24) is 0 Å². The normalized spacial score (nSPS) is 14.2. The molecule has 100 valence electrons. The van der Waals surface area contributed by atoms with E-state index in [0.717, 1.165) is 18.6 Å². The lowest BCUT2D eigenvalue weighted by Gasteiger charge is -2.11. The Labute approximate surface area is 119 Å². The molecule has 0 fully saturated rings. The van der Waals surface area contributed by atoms with E-state index in [2.05, 4.69) is 60.6 Å². The fraction of sp³-hybridized carbons (Fsp3) is 0.167. The van der Waals surface area contributed by atoms with Gasteiger partial charge >= 0.3 is 0 Å². The average molecular weight is 263 g/mol. The van der Waals surface area contributed by atoms with Gasteiger partial charge in [0.25, 0.3) is 0 Å². The van der Waals surface area contributed by atoms with Crippen molar-refractivity contribution in [1.29, 1.82) is 0 Å². The molecule has 2 aromatic rings. The van der Waals surface area contributed by atoms with Crippen molar-refractivity contribution in [2.45, 2.75) is 19.8 Å². The minimum atomic E-state index is 0.847. The maximum Gasteiger partial charge on any atom is 0.121 e. The smallest absolute Gasteiger partial charge is 0.121 e. The molecule has 1 heterocycles. The molecule has 2 nitrogen and oxygen atoms in total. The molecule has 0 spiro atoms. The summed E-state index contributed by atoms with van der Waals surface area (Å²) < 4.78 is 0. The standard InChI is InChI=1S/C18H17NO/c1-14-11-18(19-20-13-14)12-15-7-9-17(10-8-15)16-5-3-2-4-6-16/h2-10,13H,11-12H2,1H3. The Morgan fingerprint density at radius 1 is 0.950 bits per heavy atom. The van der Waals surface area contributed by atoms with Crippen LogP contribution in [-0.4, -0.2) is 5.71 Å². The van der Waals surface area contributed by atoms with Gasteiger partial charge < -0.3 is 4.84 Å². The Hall–Kier alpha value is -2.35. The number of oxime groups is 1. The quantitative estimate of drug-likeness (QED) is 0.794. The summed E-state index contributed by atoms with van der Waals surface area (Å²) in [7, 11) is 0. The highest BCUT2D eigenvalue weighted by Crippen LogP contribution is 2.20. The molecule has 0 radical (unpaired) electrons. The minimum absolute atomic E-state index is 0.847. The number of nitrogens with zero attached hydrogens (tertiary/aromatic N) is 1. The third kappa shape index (κ3) is 2.97. The van der Waals surface area contributed by atoms with Crippen LogP contribution >= 0.6 is 0 Å². The zero-order valence-corrected chi connectivity index (χ0v) is 11.5. The van der Waals surface area contributed by atoms with E-state index in [0.29, 0.717) is 0 Å². The van der Waals surface area contributed by atoms with E-state index < -0.39 is 0 Å². The Morgan fingerprint density at radius 2 is 1.65 bits per heavy atom. The second kappa shape index (κ2) is 5.74. The molecule has 0 atom stereocenters. The molecule has 0 saturated heterocycles. The third-order valence-corrected chi connectivity index (χ3v) is 3.39. The van der Waals surface area contributed by atoms with Gasteiger partial charge in [-0.25, -0.2) is 0 Å². The summed E-state index contributed by atoms with van der Waals surface area (Å²) in [5.74, 6) is 0. The molecule has 0 saturated carbocycles. The molecular weight excluding hydrogens is 246 g/mol. The fourth-order valence-corrected chi connectivity index (χ4v) is 2.36. The molecule has 0 unspecified atom stereocenters. The van der Waals surface area contributed by atoms with E-state index in [1.54, 1.807) is 6.26 Å². The lowest BCUT2D eigenvalue weighted by molar-refractivity contribution is 0.257. The van der Waals surface area contributed by atoms with Crippen LogP contribution in [0.3, 0.4) is 0 Å². The lowest BCUT2D eigenvalue weighted by Crippen LogP contribution is -2.07. The van der Waals surface area contributed by atoms with Crippen molar-refractivity contribution in [2.75, 3.05) is 0 Å². The summed E-state index contributed by atoms with van der Waals surface area (Å²) >= 11 is 0. The highest BCUT2D eigenvalue weighted by molar-refractivity contribution is 5.88. The van der Waals surface area contributed by atoms with Crippen molar-refractivity contribution in [2.24, 2.45) is 5.16 Å². The number of hydrogen-bond acceptors (Lipinski definition) is 2. The summed E-state index contributed by atoms with van der Waals surface area (Å²) in [5, 5.41) is 4.10. The number of allylic oxidation sites excluding steroid dienone is 1. The van der Waals surface area contributed by atoms with Crippen molar-refractivity contribution in [3.63, 3.8) is 0 Å². The first-order valence-electron chi connectivity index (χ1n) is 6.83. The molecule has 3 rings (SSSR count). The van der Waals surface area contributed by atoms with E-state index in [9.17, 15) is 0 Å². The van der Waals surface area contributed by atoms with Crippen LogP contribution in [0.5, 0.6) is 0 Å². The van der Waals surface area contributed by atoms with Crippen LogP contribution in [0, 0.1) is 0 Å². The number of hydrogen-bond donors (Lipinski definition) is 0. The maximum atomic E-state index is 5.09. The van der Waals surface area contributed by atoms with Crippen LogP contribution < -0.4 is 0 Å². The molecular formula is C18H17NO. The van der Waals surface area contributed by atoms with Crippen LogP contribution in [0.25, 0.3) is 11.1 Å². The molecule has 1 aliphatic rings. The first-order chi connectivity index (χ1) is 9.81. The van der Waals surface area contributed by atoms with E-state index in [1.165, 1.54) is 22.3 Å². The number of benzene rings is 2. The van der Waals surface area contributed by atoms with Crippen LogP contribution in [0.4, 0.5) is 0 Å². The second-order valence-electron chi connectivity index (χ2n) is 5.14. The Balaban J connectivity index is 1.72. The maximum absolute atomic E-state index is 5.09. The lowest BCUT2D eigenvalue weighted by atomic mass is 9.99. The summed E-state index contributed by atoms with van der Waals surface area (Å²) in [6.07, 6.45) is 3.46. The molecule has 0 aliphatic carbocycles. The first-order valence-corrected chi connectivity index (χ1v) is 6.83. The largest absolute Gasteiger partial charge is 0.365 e. The van der Waals surface area contributed by atoms with Crippen LogP contribution in [-0.2, 0) is 11.3 Å². The van der Waals surface area contributed by atoms with Crippen molar-refractivity contribution in [3.8, 4) is 11.1 Å². The van der Waals surface area contributed by atoms with Crippen molar-refractivity contribution in [3.05, 3.63) is 72.0 Å². The third-order valence-electron chi connectivity index (χ3n) is 3.39. The SMILES string of the molecule is CC1=CON=C(Cc2ccc(-c3ccccc3)cc2)C1. The Bertz CT molecular complexity index is 639. The van der Waals surface area contributed by atoms with E-state index >= 15 is 0 Å². The highest BCUT2D eigenvalue weighted by Gasteiger charge is 2.08. The second-order valence-corrected chi connectivity index (χ2v) is 5.14. The molecule has 2 aromatic carbocycles. The molecule has 0 amide bonds. The van der Waals surface area contributed by atoms with Gasteiger partial charge in [-0.05, 0) is 29.2 Å². The van der Waals surface area contributed by atoms with Crippen LogP contribution in [0.2, 0.25) is 0 Å². The number of rotatable bonds is 3. The predicted octanol–water partition coefficient (Wildman–Crippen LogP) is 4.58. The van der Waals surface area contributed by atoms with Crippen molar-refractivity contribution < 1.29 is 4.84 Å². The van der Waals surface area contributed by atoms with Gasteiger partial charge in [0.15, 0.2) is 0 Å². The Morgan fingerprint density at radius 3 is 2.35 bits per heavy atom. The summed E-state index contributed by atoms with van der Waals surface area (Å²) in [4.78, 5) is 5.09. The monoisotopic (exact) mass is 263 g/mol. The highest BCUT2D eigenvalue weighted by atomic mass is 16.6. The minimum Gasteiger partial charge on any atom is -0.365 e. The van der Waals surface area contributed by atoms with E-state index in [-0.39, 0.29) is 0 Å². The fourth-order valence-electron chi connectivity index (χ4n) is 2.36. The summed E-state index contributed by atoms with van der Waals surface area (Å²) in [6, 6.07) is 19.1.